The van der Waals surface area contributed by atoms with Crippen molar-refractivity contribution in [2.24, 2.45) is 0 Å². The van der Waals surface area contributed by atoms with Crippen LogP contribution in [-0.4, -0.2) is 41.5 Å². The number of ether oxygens (including phenoxy) is 1. The van der Waals surface area contributed by atoms with E-state index in [0.29, 0.717) is 28.9 Å². The van der Waals surface area contributed by atoms with E-state index in [0.717, 1.165) is 12.1 Å². The maximum atomic E-state index is 12.9. The average molecular weight is 417 g/mol. The van der Waals surface area contributed by atoms with Crippen LogP contribution in [0.3, 0.4) is 0 Å². The van der Waals surface area contributed by atoms with E-state index >= 15 is 0 Å². The number of nitrogens with zero attached hydrogens (tertiary/aromatic N) is 2. The standard InChI is InChI=1S/C18H19Cl2N3O2.ClH/c1-12(25-14-4-5-15(19)16(20)9-14)18(24)23-8-7-22-11-17(23)13-3-2-6-21-10-13;/h2-6,9-10,12,17,22H,7-8,11H2,1H3;1H. The zero-order valence-corrected chi connectivity index (χ0v) is 16.5. The van der Waals surface area contributed by atoms with Gasteiger partial charge in [-0.2, -0.15) is 0 Å². The van der Waals surface area contributed by atoms with Gasteiger partial charge in [0.25, 0.3) is 5.91 Å². The number of hydrogen-bond donors (Lipinski definition) is 1. The van der Waals surface area contributed by atoms with E-state index in [4.69, 9.17) is 27.9 Å². The molecule has 5 nitrogen and oxygen atoms in total. The Bertz CT molecular complexity index is 746. The van der Waals surface area contributed by atoms with Gasteiger partial charge in [0.2, 0.25) is 0 Å². The lowest BCUT2D eigenvalue weighted by Gasteiger charge is -2.37. The molecule has 2 aromatic rings. The molecule has 0 bridgehead atoms. The first-order valence-corrected chi connectivity index (χ1v) is 8.84. The van der Waals surface area contributed by atoms with Crippen molar-refractivity contribution in [3.63, 3.8) is 0 Å². The van der Waals surface area contributed by atoms with Gasteiger partial charge in [-0.25, -0.2) is 0 Å². The lowest BCUT2D eigenvalue weighted by atomic mass is 10.0. The number of amides is 1. The van der Waals surface area contributed by atoms with Crippen LogP contribution in [0.2, 0.25) is 10.0 Å². The van der Waals surface area contributed by atoms with E-state index in [-0.39, 0.29) is 24.4 Å². The van der Waals surface area contributed by atoms with Crippen molar-refractivity contribution in [2.45, 2.75) is 19.1 Å². The summed E-state index contributed by atoms with van der Waals surface area (Å²) in [6, 6.07) is 8.77. The van der Waals surface area contributed by atoms with E-state index < -0.39 is 6.10 Å². The van der Waals surface area contributed by atoms with Gasteiger partial charge in [-0.1, -0.05) is 29.3 Å². The molecule has 1 aromatic carbocycles. The van der Waals surface area contributed by atoms with Crippen molar-refractivity contribution >= 4 is 41.5 Å². The summed E-state index contributed by atoms with van der Waals surface area (Å²) < 4.78 is 5.78. The van der Waals surface area contributed by atoms with Gasteiger partial charge in [0.15, 0.2) is 6.10 Å². The molecule has 0 radical (unpaired) electrons. The van der Waals surface area contributed by atoms with Crippen LogP contribution in [0, 0.1) is 0 Å². The molecule has 1 aliphatic heterocycles. The Morgan fingerprint density at radius 1 is 1.35 bits per heavy atom. The summed E-state index contributed by atoms with van der Waals surface area (Å²) in [7, 11) is 0. The number of rotatable bonds is 4. The second-order valence-corrected chi connectivity index (χ2v) is 6.69. The molecule has 1 aliphatic rings. The Hall–Kier alpha value is -1.53. The van der Waals surface area contributed by atoms with Crippen LogP contribution in [0.15, 0.2) is 42.7 Å². The van der Waals surface area contributed by atoms with Gasteiger partial charge in [-0.15, -0.1) is 12.4 Å². The van der Waals surface area contributed by atoms with Crippen molar-refractivity contribution in [1.82, 2.24) is 15.2 Å². The number of halogens is 3. The number of piperazine rings is 1. The largest absolute Gasteiger partial charge is 0.481 e. The fourth-order valence-corrected chi connectivity index (χ4v) is 3.17. The summed E-state index contributed by atoms with van der Waals surface area (Å²) in [5.41, 5.74) is 1.00. The maximum absolute atomic E-state index is 12.9. The fourth-order valence-electron chi connectivity index (χ4n) is 2.88. The summed E-state index contributed by atoms with van der Waals surface area (Å²) in [6.45, 7) is 3.81. The highest BCUT2D eigenvalue weighted by Crippen LogP contribution is 2.28. The van der Waals surface area contributed by atoms with E-state index in [9.17, 15) is 4.79 Å². The number of carbonyl (C=O) groups excluding carboxylic acids is 1. The van der Waals surface area contributed by atoms with Gasteiger partial charge in [0, 0.05) is 38.1 Å². The van der Waals surface area contributed by atoms with Crippen LogP contribution in [0.1, 0.15) is 18.5 Å². The highest BCUT2D eigenvalue weighted by molar-refractivity contribution is 6.42. The van der Waals surface area contributed by atoms with Gasteiger partial charge in [0.1, 0.15) is 5.75 Å². The van der Waals surface area contributed by atoms with Crippen molar-refractivity contribution in [3.05, 3.63) is 58.3 Å². The Morgan fingerprint density at radius 3 is 2.85 bits per heavy atom. The molecule has 1 aromatic heterocycles. The number of nitrogens with one attached hydrogen (secondary N) is 1. The summed E-state index contributed by atoms with van der Waals surface area (Å²) in [6.07, 6.45) is 2.89. The smallest absolute Gasteiger partial charge is 0.263 e. The Balaban J connectivity index is 0.00000243. The quantitative estimate of drug-likeness (QED) is 0.825. The first-order valence-electron chi connectivity index (χ1n) is 8.09. The topological polar surface area (TPSA) is 54.5 Å². The highest BCUT2D eigenvalue weighted by atomic mass is 35.5. The van der Waals surface area contributed by atoms with Crippen molar-refractivity contribution < 1.29 is 9.53 Å². The second-order valence-electron chi connectivity index (χ2n) is 5.87. The predicted octanol–water partition coefficient (Wildman–Crippen LogP) is 3.75. The van der Waals surface area contributed by atoms with E-state index in [1.165, 1.54) is 0 Å². The third kappa shape index (κ3) is 4.80. The molecule has 2 atom stereocenters. The first kappa shape index (κ1) is 20.8. The van der Waals surface area contributed by atoms with Crippen LogP contribution in [-0.2, 0) is 4.79 Å². The normalized spacial score (nSPS) is 18.0. The number of hydrogen-bond acceptors (Lipinski definition) is 4. The van der Waals surface area contributed by atoms with Gasteiger partial charge in [-0.3, -0.25) is 9.78 Å². The highest BCUT2D eigenvalue weighted by Gasteiger charge is 2.31. The Morgan fingerprint density at radius 2 is 2.15 bits per heavy atom. The van der Waals surface area contributed by atoms with Crippen LogP contribution < -0.4 is 10.1 Å². The number of benzene rings is 1. The minimum absolute atomic E-state index is 0. The monoisotopic (exact) mass is 415 g/mol. The van der Waals surface area contributed by atoms with Crippen molar-refractivity contribution in [2.75, 3.05) is 19.6 Å². The molecule has 0 aliphatic carbocycles. The Labute approximate surface area is 169 Å². The molecule has 2 unspecified atom stereocenters. The van der Waals surface area contributed by atoms with E-state index in [2.05, 4.69) is 10.3 Å². The van der Waals surface area contributed by atoms with Crippen LogP contribution in [0.4, 0.5) is 0 Å². The average Bonchev–Trinajstić information content (AvgIpc) is 2.65. The molecular weight excluding hydrogens is 397 g/mol. The molecule has 0 saturated carbocycles. The minimum atomic E-state index is -0.630. The minimum Gasteiger partial charge on any atom is -0.481 e. The number of aromatic nitrogens is 1. The third-order valence-electron chi connectivity index (χ3n) is 4.15. The van der Waals surface area contributed by atoms with Gasteiger partial charge in [-0.05, 0) is 30.7 Å². The second kappa shape index (κ2) is 9.42. The summed E-state index contributed by atoms with van der Waals surface area (Å²) in [4.78, 5) is 18.9. The van der Waals surface area contributed by atoms with Crippen LogP contribution in [0.5, 0.6) is 5.75 Å². The molecule has 140 valence electrons. The van der Waals surface area contributed by atoms with Gasteiger partial charge < -0.3 is 15.0 Å². The molecular formula is C18H20Cl3N3O2. The molecule has 1 fully saturated rings. The Kier molecular flexibility index (Phi) is 7.53. The fraction of sp³-hybridized carbons (Fsp3) is 0.333. The molecule has 0 spiro atoms. The van der Waals surface area contributed by atoms with Crippen LogP contribution >= 0.6 is 35.6 Å². The van der Waals surface area contributed by atoms with Crippen LogP contribution in [0.25, 0.3) is 0 Å². The van der Waals surface area contributed by atoms with Gasteiger partial charge >= 0.3 is 0 Å². The molecule has 26 heavy (non-hydrogen) atoms. The van der Waals surface area contributed by atoms with Crippen molar-refractivity contribution in [3.8, 4) is 5.75 Å². The first-order chi connectivity index (χ1) is 12.1. The molecule has 1 amide bonds. The summed E-state index contributed by atoms with van der Waals surface area (Å²) >= 11 is 11.9. The van der Waals surface area contributed by atoms with Gasteiger partial charge in [0.05, 0.1) is 16.1 Å². The molecule has 3 rings (SSSR count). The number of carbonyl (C=O) groups is 1. The van der Waals surface area contributed by atoms with Crippen molar-refractivity contribution in [1.29, 1.82) is 0 Å². The number of pyridine rings is 1. The molecule has 1 N–H and O–H groups in total. The third-order valence-corrected chi connectivity index (χ3v) is 4.89. The summed E-state index contributed by atoms with van der Waals surface area (Å²) in [5, 5.41) is 4.17. The lowest BCUT2D eigenvalue weighted by Crippen LogP contribution is -2.52. The summed E-state index contributed by atoms with van der Waals surface area (Å²) in [5.74, 6) is 0.449. The molecule has 2 heterocycles. The SMILES string of the molecule is CC(Oc1ccc(Cl)c(Cl)c1)C(=O)N1CCNCC1c1cccnc1.Cl. The zero-order chi connectivity index (χ0) is 17.8. The molecule has 1 saturated heterocycles. The predicted molar refractivity (Wildman–Crippen MR) is 105 cm³/mol. The molecule has 8 heteroatoms. The lowest BCUT2D eigenvalue weighted by molar-refractivity contribution is -0.141. The zero-order valence-electron chi connectivity index (χ0n) is 14.2. The maximum Gasteiger partial charge on any atom is 0.263 e. The van der Waals surface area contributed by atoms with E-state index in [1.54, 1.807) is 37.5 Å². The van der Waals surface area contributed by atoms with E-state index in [1.807, 2.05) is 17.0 Å².